The molecule has 5 nitrogen and oxygen atoms in total. The van der Waals surface area contributed by atoms with Crippen molar-refractivity contribution in [2.24, 2.45) is 0 Å². The fourth-order valence-corrected chi connectivity index (χ4v) is 2.42. The molecule has 5 heteroatoms. The molecular formula is C13H15NO4. The number of rotatable bonds is 3. The number of hydrogen-bond acceptors (Lipinski definition) is 4. The average Bonchev–Trinajstić information content (AvgIpc) is 2.97. The van der Waals surface area contributed by atoms with E-state index >= 15 is 0 Å². The SMILES string of the molecule is COc1cc(CC2CCC(=O)N2)cc2c1OCO2. The van der Waals surface area contributed by atoms with Crippen LogP contribution in [0.2, 0.25) is 0 Å². The van der Waals surface area contributed by atoms with Crippen molar-refractivity contribution in [1.82, 2.24) is 5.32 Å². The maximum Gasteiger partial charge on any atom is 0.231 e. The molecule has 0 radical (unpaired) electrons. The van der Waals surface area contributed by atoms with Crippen LogP contribution in [-0.4, -0.2) is 25.9 Å². The summed E-state index contributed by atoms with van der Waals surface area (Å²) in [5.41, 5.74) is 1.09. The molecule has 3 rings (SSSR count). The highest BCUT2D eigenvalue weighted by atomic mass is 16.7. The van der Waals surface area contributed by atoms with Crippen molar-refractivity contribution in [3.05, 3.63) is 17.7 Å². The Hall–Kier alpha value is -1.91. The van der Waals surface area contributed by atoms with E-state index in [1.165, 1.54) is 0 Å². The zero-order chi connectivity index (χ0) is 12.5. The number of carbonyl (C=O) groups excluding carboxylic acids is 1. The molecule has 1 saturated heterocycles. The molecule has 0 spiro atoms. The molecule has 2 heterocycles. The molecule has 1 N–H and O–H groups in total. The van der Waals surface area contributed by atoms with Crippen LogP contribution in [0.3, 0.4) is 0 Å². The van der Waals surface area contributed by atoms with Gasteiger partial charge in [-0.2, -0.15) is 0 Å². The van der Waals surface area contributed by atoms with E-state index in [0.29, 0.717) is 23.7 Å². The lowest BCUT2D eigenvalue weighted by molar-refractivity contribution is -0.119. The summed E-state index contributed by atoms with van der Waals surface area (Å²) in [6.07, 6.45) is 2.29. The minimum atomic E-state index is 0.132. The lowest BCUT2D eigenvalue weighted by Gasteiger charge is -2.12. The van der Waals surface area contributed by atoms with E-state index in [0.717, 1.165) is 18.4 Å². The minimum absolute atomic E-state index is 0.132. The van der Waals surface area contributed by atoms with Gasteiger partial charge in [-0.25, -0.2) is 0 Å². The van der Waals surface area contributed by atoms with Crippen molar-refractivity contribution >= 4 is 5.91 Å². The van der Waals surface area contributed by atoms with Crippen molar-refractivity contribution < 1.29 is 19.0 Å². The summed E-state index contributed by atoms with van der Waals surface area (Å²) < 4.78 is 16.0. The van der Waals surface area contributed by atoms with Crippen LogP contribution in [0.5, 0.6) is 17.2 Å². The Labute approximate surface area is 105 Å². The summed E-state index contributed by atoms with van der Waals surface area (Å²) >= 11 is 0. The molecule has 1 amide bonds. The molecule has 2 aliphatic heterocycles. The Balaban J connectivity index is 1.82. The van der Waals surface area contributed by atoms with Gasteiger partial charge in [0.2, 0.25) is 18.4 Å². The molecule has 18 heavy (non-hydrogen) atoms. The van der Waals surface area contributed by atoms with Crippen molar-refractivity contribution in [2.45, 2.75) is 25.3 Å². The van der Waals surface area contributed by atoms with E-state index in [2.05, 4.69) is 5.32 Å². The Kier molecular flexibility index (Phi) is 2.74. The second kappa shape index (κ2) is 4.40. The number of benzene rings is 1. The van der Waals surface area contributed by atoms with Gasteiger partial charge in [0.15, 0.2) is 11.5 Å². The average molecular weight is 249 g/mol. The maximum atomic E-state index is 11.2. The van der Waals surface area contributed by atoms with E-state index < -0.39 is 0 Å². The van der Waals surface area contributed by atoms with Crippen LogP contribution in [0.15, 0.2) is 12.1 Å². The third-order valence-electron chi connectivity index (χ3n) is 3.29. The molecule has 1 aromatic carbocycles. The molecule has 0 aromatic heterocycles. The van der Waals surface area contributed by atoms with Gasteiger partial charge in [0.05, 0.1) is 7.11 Å². The fraction of sp³-hybridized carbons (Fsp3) is 0.462. The maximum absolute atomic E-state index is 11.2. The highest BCUT2D eigenvalue weighted by molar-refractivity contribution is 5.78. The van der Waals surface area contributed by atoms with E-state index in [4.69, 9.17) is 14.2 Å². The Morgan fingerprint density at radius 2 is 2.33 bits per heavy atom. The third-order valence-corrected chi connectivity index (χ3v) is 3.29. The smallest absolute Gasteiger partial charge is 0.231 e. The molecule has 0 saturated carbocycles. The molecular weight excluding hydrogens is 234 g/mol. The normalized spacial score (nSPS) is 20.9. The van der Waals surface area contributed by atoms with Crippen LogP contribution in [0.4, 0.5) is 0 Å². The highest BCUT2D eigenvalue weighted by Gasteiger charge is 2.24. The zero-order valence-electron chi connectivity index (χ0n) is 10.2. The van der Waals surface area contributed by atoms with Gasteiger partial charge in [0, 0.05) is 12.5 Å². The first-order chi connectivity index (χ1) is 8.76. The first-order valence-electron chi connectivity index (χ1n) is 6.02. The lowest BCUT2D eigenvalue weighted by atomic mass is 10.0. The van der Waals surface area contributed by atoms with Gasteiger partial charge in [0.25, 0.3) is 0 Å². The van der Waals surface area contributed by atoms with Crippen LogP contribution < -0.4 is 19.5 Å². The first kappa shape index (κ1) is 11.2. The summed E-state index contributed by atoms with van der Waals surface area (Å²) in [4.78, 5) is 11.2. The number of nitrogens with one attached hydrogen (secondary N) is 1. The predicted octanol–water partition coefficient (Wildman–Crippen LogP) is 1.24. The van der Waals surface area contributed by atoms with Crippen molar-refractivity contribution in [2.75, 3.05) is 13.9 Å². The summed E-state index contributed by atoms with van der Waals surface area (Å²) in [5.74, 6) is 2.20. The number of hydrogen-bond donors (Lipinski definition) is 1. The molecule has 1 atom stereocenters. The highest BCUT2D eigenvalue weighted by Crippen LogP contribution is 2.42. The third kappa shape index (κ3) is 1.96. The monoisotopic (exact) mass is 249 g/mol. The number of methoxy groups -OCH3 is 1. The van der Waals surface area contributed by atoms with Crippen molar-refractivity contribution in [3.8, 4) is 17.2 Å². The summed E-state index contributed by atoms with van der Waals surface area (Å²) in [5, 5.41) is 2.96. The van der Waals surface area contributed by atoms with Crippen LogP contribution in [0.25, 0.3) is 0 Å². The van der Waals surface area contributed by atoms with E-state index in [9.17, 15) is 4.79 Å². The summed E-state index contributed by atoms with van der Waals surface area (Å²) in [6.45, 7) is 0.231. The topological polar surface area (TPSA) is 56.8 Å². The van der Waals surface area contributed by atoms with Gasteiger partial charge in [-0.1, -0.05) is 0 Å². The molecule has 96 valence electrons. The van der Waals surface area contributed by atoms with E-state index in [1.807, 2.05) is 12.1 Å². The Morgan fingerprint density at radius 1 is 1.44 bits per heavy atom. The fourth-order valence-electron chi connectivity index (χ4n) is 2.42. The van der Waals surface area contributed by atoms with Gasteiger partial charge < -0.3 is 19.5 Å². The minimum Gasteiger partial charge on any atom is -0.493 e. The second-order valence-corrected chi connectivity index (χ2v) is 4.54. The van der Waals surface area contributed by atoms with Crippen LogP contribution in [0.1, 0.15) is 18.4 Å². The molecule has 1 fully saturated rings. The van der Waals surface area contributed by atoms with Gasteiger partial charge in [-0.3, -0.25) is 4.79 Å². The van der Waals surface area contributed by atoms with Crippen LogP contribution >= 0.6 is 0 Å². The molecule has 0 bridgehead atoms. The van der Waals surface area contributed by atoms with Crippen LogP contribution in [0, 0.1) is 0 Å². The summed E-state index contributed by atoms with van der Waals surface area (Å²) in [7, 11) is 1.61. The van der Waals surface area contributed by atoms with E-state index in [-0.39, 0.29) is 18.7 Å². The van der Waals surface area contributed by atoms with Gasteiger partial charge in [0.1, 0.15) is 0 Å². The number of carbonyl (C=O) groups is 1. The molecule has 1 aromatic rings. The van der Waals surface area contributed by atoms with Gasteiger partial charge in [-0.05, 0) is 30.5 Å². The number of amides is 1. The van der Waals surface area contributed by atoms with Crippen molar-refractivity contribution in [3.63, 3.8) is 0 Å². The number of fused-ring (bicyclic) bond motifs is 1. The first-order valence-corrected chi connectivity index (χ1v) is 6.02. The molecule has 0 aliphatic carbocycles. The number of ether oxygens (including phenoxy) is 3. The van der Waals surface area contributed by atoms with Gasteiger partial charge in [-0.15, -0.1) is 0 Å². The predicted molar refractivity (Wildman–Crippen MR) is 64.0 cm³/mol. The van der Waals surface area contributed by atoms with E-state index in [1.54, 1.807) is 7.11 Å². The zero-order valence-corrected chi connectivity index (χ0v) is 10.2. The quantitative estimate of drug-likeness (QED) is 0.875. The molecule has 2 aliphatic rings. The van der Waals surface area contributed by atoms with Gasteiger partial charge >= 0.3 is 0 Å². The van der Waals surface area contributed by atoms with Crippen molar-refractivity contribution in [1.29, 1.82) is 0 Å². The lowest BCUT2D eigenvalue weighted by Crippen LogP contribution is -2.27. The molecule has 1 unspecified atom stereocenters. The standard InChI is InChI=1S/C13H15NO4/c1-16-10-5-8(4-9-2-3-12(15)14-9)6-11-13(10)18-7-17-11/h5-6,9H,2-4,7H2,1H3,(H,14,15). The largest absolute Gasteiger partial charge is 0.493 e. The van der Waals surface area contributed by atoms with Crippen LogP contribution in [-0.2, 0) is 11.2 Å². The summed E-state index contributed by atoms with van der Waals surface area (Å²) in [6, 6.07) is 4.11. The Bertz CT molecular complexity index is 486. The Morgan fingerprint density at radius 3 is 3.06 bits per heavy atom. The second-order valence-electron chi connectivity index (χ2n) is 4.54.